The van der Waals surface area contributed by atoms with Gasteiger partial charge in [-0.1, -0.05) is 0 Å². The van der Waals surface area contributed by atoms with Crippen molar-refractivity contribution in [2.75, 3.05) is 18.0 Å². The van der Waals surface area contributed by atoms with Gasteiger partial charge in [-0.15, -0.1) is 0 Å². The van der Waals surface area contributed by atoms with E-state index in [4.69, 9.17) is 5.14 Å². The van der Waals surface area contributed by atoms with E-state index in [2.05, 4.69) is 68.6 Å². The van der Waals surface area contributed by atoms with Crippen LogP contribution in [0.5, 0.6) is 0 Å². The van der Waals surface area contributed by atoms with Crippen LogP contribution in [-0.2, 0) is 17.8 Å². The van der Waals surface area contributed by atoms with Crippen molar-refractivity contribution in [3.8, 4) is 0 Å². The zero-order chi connectivity index (χ0) is 22.8. The van der Waals surface area contributed by atoms with E-state index in [0.717, 1.165) is 49.3 Å². The molecule has 2 unspecified atom stereocenters. The number of hydrogen-bond donors (Lipinski definition) is 1. The minimum absolute atomic E-state index is 0.0115. The number of rotatable bonds is 6. The summed E-state index contributed by atoms with van der Waals surface area (Å²) in [4.78, 5) is 6.92. The molecule has 6 nitrogen and oxygen atoms in total. The van der Waals surface area contributed by atoms with Crippen LogP contribution >= 0.6 is 0 Å². The third-order valence-electron chi connectivity index (χ3n) is 7.21. The maximum atomic E-state index is 12.0. The van der Waals surface area contributed by atoms with E-state index in [9.17, 15) is 4.55 Å². The minimum atomic E-state index is -1.30. The standard InChI is InChI=1S/C25H29N5OSSe/c1-18(32(26)31)15-22-21-10-6-5-7-19(21)16-25(22)11-13-30(14-12-25)24-27-17-23(28-29-24)33-20-8-3-2-4-9-20/h2-10,17-18,22H,11-16,26H2,1H3/t18-,22?,32?/m0/s1. The van der Waals surface area contributed by atoms with Crippen molar-refractivity contribution in [1.29, 1.82) is 0 Å². The van der Waals surface area contributed by atoms with Gasteiger partial charge in [0.2, 0.25) is 0 Å². The van der Waals surface area contributed by atoms with Gasteiger partial charge < -0.3 is 4.55 Å². The number of piperidine rings is 1. The number of anilines is 1. The second-order valence-corrected chi connectivity index (χ2v) is 12.9. The Kier molecular flexibility index (Phi) is 6.72. The number of fused-ring (bicyclic) bond motifs is 1. The van der Waals surface area contributed by atoms with Gasteiger partial charge in [0.25, 0.3) is 0 Å². The number of aromatic nitrogens is 3. The van der Waals surface area contributed by atoms with Crippen molar-refractivity contribution < 1.29 is 4.55 Å². The Labute approximate surface area is 204 Å². The Hall–Kier alpha value is -1.96. The van der Waals surface area contributed by atoms with Gasteiger partial charge >= 0.3 is 196 Å². The van der Waals surface area contributed by atoms with E-state index in [1.807, 2.05) is 19.2 Å². The second kappa shape index (κ2) is 9.72. The molecule has 0 amide bonds. The van der Waals surface area contributed by atoms with Crippen LogP contribution in [0.15, 0.2) is 60.8 Å². The zero-order valence-electron chi connectivity index (χ0n) is 18.8. The van der Waals surface area contributed by atoms with Gasteiger partial charge in [0.1, 0.15) is 0 Å². The van der Waals surface area contributed by atoms with Crippen LogP contribution in [0, 0.1) is 5.41 Å². The van der Waals surface area contributed by atoms with E-state index in [-0.39, 0.29) is 25.6 Å². The molecule has 1 fully saturated rings. The van der Waals surface area contributed by atoms with E-state index in [1.165, 1.54) is 15.6 Å². The molecule has 2 heterocycles. The normalized spacial score (nSPS) is 21.1. The summed E-state index contributed by atoms with van der Waals surface area (Å²) < 4.78 is 14.2. The molecular formula is C25H29N5OSSe. The van der Waals surface area contributed by atoms with Gasteiger partial charge in [0.15, 0.2) is 0 Å². The first-order valence-electron chi connectivity index (χ1n) is 11.4. The summed E-state index contributed by atoms with van der Waals surface area (Å²) >= 11 is -1.18. The SMILES string of the molecule is C[C@@H](CC1c2ccccc2CC12CCN(c1ncc([Se]c3ccccc3)nn1)CC2)[S+](N)[O-]. The van der Waals surface area contributed by atoms with Crippen molar-refractivity contribution in [3.63, 3.8) is 0 Å². The summed E-state index contributed by atoms with van der Waals surface area (Å²) in [6.45, 7) is 3.84. The Morgan fingerprint density at radius 3 is 2.55 bits per heavy atom. The first-order chi connectivity index (χ1) is 16.0. The molecule has 1 saturated heterocycles. The van der Waals surface area contributed by atoms with Gasteiger partial charge in [0, 0.05) is 0 Å². The summed E-state index contributed by atoms with van der Waals surface area (Å²) in [6.07, 6.45) is 5.97. The molecule has 2 aliphatic rings. The first-order valence-corrected chi connectivity index (χ1v) is 14.4. The molecule has 1 aliphatic heterocycles. The fourth-order valence-electron chi connectivity index (χ4n) is 5.41. The van der Waals surface area contributed by atoms with Crippen molar-refractivity contribution >= 4 is 41.3 Å². The molecule has 8 heteroatoms. The van der Waals surface area contributed by atoms with Crippen LogP contribution < -0.4 is 19.1 Å². The summed E-state index contributed by atoms with van der Waals surface area (Å²) in [5.74, 6) is 1.12. The van der Waals surface area contributed by atoms with Gasteiger partial charge in [-0.2, -0.15) is 5.14 Å². The van der Waals surface area contributed by atoms with Gasteiger partial charge in [-0.05, 0) is 0 Å². The molecule has 1 spiro atoms. The Morgan fingerprint density at radius 2 is 1.85 bits per heavy atom. The summed E-state index contributed by atoms with van der Waals surface area (Å²) in [7, 11) is 0. The molecule has 0 radical (unpaired) electrons. The van der Waals surface area contributed by atoms with Crippen LogP contribution in [-0.4, -0.2) is 53.0 Å². The topological polar surface area (TPSA) is 91.0 Å². The Morgan fingerprint density at radius 1 is 1.12 bits per heavy atom. The fourth-order valence-corrected chi connectivity index (χ4v) is 7.30. The summed E-state index contributed by atoms with van der Waals surface area (Å²) in [6, 6.07) is 19.1. The number of benzene rings is 2. The first kappa shape index (κ1) is 22.8. The minimum Gasteiger partial charge on any atom is -0.598 e. The van der Waals surface area contributed by atoms with Crippen molar-refractivity contribution in [2.24, 2.45) is 10.6 Å². The van der Waals surface area contributed by atoms with Crippen LogP contribution in [0.2, 0.25) is 0 Å². The Bertz CT molecular complexity index is 1070. The van der Waals surface area contributed by atoms with Gasteiger partial charge in [0.05, 0.1) is 0 Å². The predicted octanol–water partition coefficient (Wildman–Crippen LogP) is 1.85. The monoisotopic (exact) mass is 527 g/mol. The average Bonchev–Trinajstić information content (AvgIpc) is 3.13. The second-order valence-electron chi connectivity index (χ2n) is 9.16. The predicted molar refractivity (Wildman–Crippen MR) is 134 cm³/mol. The van der Waals surface area contributed by atoms with Gasteiger partial charge in [-0.3, -0.25) is 0 Å². The molecule has 172 valence electrons. The summed E-state index contributed by atoms with van der Waals surface area (Å²) in [5.41, 5.74) is 3.06. The van der Waals surface area contributed by atoms with E-state index >= 15 is 0 Å². The van der Waals surface area contributed by atoms with E-state index in [0.29, 0.717) is 5.92 Å². The van der Waals surface area contributed by atoms with Gasteiger partial charge in [-0.25, -0.2) is 0 Å². The molecular weight excluding hydrogens is 497 g/mol. The third-order valence-corrected chi connectivity index (χ3v) is 10.1. The van der Waals surface area contributed by atoms with Crippen LogP contribution in [0.25, 0.3) is 0 Å². The van der Waals surface area contributed by atoms with Crippen LogP contribution in [0.3, 0.4) is 0 Å². The summed E-state index contributed by atoms with van der Waals surface area (Å²) in [5, 5.41) is 14.7. The average molecular weight is 527 g/mol. The Balaban J connectivity index is 1.28. The molecule has 1 aromatic heterocycles. The molecule has 2 aromatic carbocycles. The molecule has 3 atom stereocenters. The molecule has 0 bridgehead atoms. The van der Waals surface area contributed by atoms with Crippen molar-refractivity contribution in [1.82, 2.24) is 15.2 Å². The van der Waals surface area contributed by atoms with Crippen LogP contribution in [0.1, 0.15) is 43.2 Å². The fraction of sp³-hybridized carbons (Fsp3) is 0.400. The molecule has 1 aliphatic carbocycles. The molecule has 2 N–H and O–H groups in total. The number of nitrogens with two attached hydrogens (primary N) is 1. The smallest absolute Gasteiger partial charge is 0.598 e. The molecule has 5 rings (SSSR count). The number of nitrogens with zero attached hydrogens (tertiary/aromatic N) is 4. The van der Waals surface area contributed by atoms with Crippen molar-refractivity contribution in [3.05, 3.63) is 71.9 Å². The zero-order valence-corrected chi connectivity index (χ0v) is 21.3. The maximum absolute atomic E-state index is 12.0. The van der Waals surface area contributed by atoms with Crippen molar-refractivity contribution in [2.45, 2.75) is 43.8 Å². The quantitative estimate of drug-likeness (QED) is 0.390. The molecule has 33 heavy (non-hydrogen) atoms. The molecule has 0 saturated carbocycles. The van der Waals surface area contributed by atoms with Crippen LogP contribution in [0.4, 0.5) is 5.95 Å². The third kappa shape index (κ3) is 4.81. The van der Waals surface area contributed by atoms with E-state index < -0.39 is 11.4 Å². The van der Waals surface area contributed by atoms with E-state index in [1.54, 1.807) is 0 Å². The number of hydrogen-bond acceptors (Lipinski definition) is 6. The molecule has 3 aromatic rings.